The number of hydrogen-bond donors (Lipinski definition) is 3. The third-order valence-electron chi connectivity index (χ3n) is 3.90. The molecule has 0 saturated carbocycles. The van der Waals surface area contributed by atoms with E-state index in [-0.39, 0.29) is 11.8 Å². The number of hydrogen-bond acceptors (Lipinski definition) is 2. The molecule has 0 spiro atoms. The lowest BCUT2D eigenvalue weighted by atomic mass is 10.0. The number of carboxylic acid groups (broad SMARTS) is 1. The first kappa shape index (κ1) is 16.1. The summed E-state index contributed by atoms with van der Waals surface area (Å²) in [6, 6.07) is 4.83. The Balaban J connectivity index is 2.25. The number of carbonyl (C=O) groups excluding carboxylic acids is 1. The zero-order valence-corrected chi connectivity index (χ0v) is 13.4. The molecule has 1 aromatic heterocycles. The van der Waals surface area contributed by atoms with Gasteiger partial charge in [0.25, 0.3) is 5.91 Å². The van der Waals surface area contributed by atoms with Crippen LogP contribution in [0.25, 0.3) is 10.9 Å². The first-order chi connectivity index (χ1) is 10.3. The molecule has 1 aromatic carbocycles. The van der Waals surface area contributed by atoms with E-state index in [0.717, 1.165) is 22.0 Å². The lowest BCUT2D eigenvalue weighted by molar-refractivity contribution is -0.139. The number of H-pyrrole nitrogens is 1. The molecule has 5 heteroatoms. The zero-order chi connectivity index (χ0) is 16.4. The van der Waals surface area contributed by atoms with Crippen molar-refractivity contribution < 1.29 is 14.7 Å². The summed E-state index contributed by atoms with van der Waals surface area (Å²) in [6.07, 6.45) is 0.402. The number of rotatable bonds is 5. The van der Waals surface area contributed by atoms with Gasteiger partial charge in [0.1, 0.15) is 11.7 Å². The average molecular weight is 302 g/mol. The first-order valence-corrected chi connectivity index (χ1v) is 7.42. The fraction of sp³-hybridized carbons (Fsp3) is 0.412. The fourth-order valence-corrected chi connectivity index (χ4v) is 2.51. The van der Waals surface area contributed by atoms with Crippen LogP contribution >= 0.6 is 0 Å². The van der Waals surface area contributed by atoms with Crippen LogP contribution in [0, 0.1) is 19.8 Å². The second-order valence-corrected chi connectivity index (χ2v) is 6.15. The summed E-state index contributed by atoms with van der Waals surface area (Å²) >= 11 is 0. The SMILES string of the molecule is Cc1ccc2[nH]c(C(=O)N[C@@H](CC(C)C)C(=O)O)cc2c1C. The van der Waals surface area contributed by atoms with E-state index in [1.54, 1.807) is 6.07 Å². The Morgan fingerprint density at radius 3 is 2.55 bits per heavy atom. The van der Waals surface area contributed by atoms with Crippen LogP contribution in [0.15, 0.2) is 18.2 Å². The van der Waals surface area contributed by atoms with Gasteiger partial charge < -0.3 is 15.4 Å². The molecule has 1 heterocycles. The van der Waals surface area contributed by atoms with E-state index in [4.69, 9.17) is 0 Å². The number of aliphatic carboxylic acids is 1. The van der Waals surface area contributed by atoms with Crippen LogP contribution in [-0.2, 0) is 4.79 Å². The number of fused-ring (bicyclic) bond motifs is 1. The number of carboxylic acids is 1. The second kappa shape index (κ2) is 6.22. The van der Waals surface area contributed by atoms with Crippen molar-refractivity contribution in [2.24, 2.45) is 5.92 Å². The van der Waals surface area contributed by atoms with Crippen molar-refractivity contribution in [2.45, 2.75) is 40.2 Å². The number of aromatic amines is 1. The molecule has 0 saturated heterocycles. The van der Waals surface area contributed by atoms with E-state index in [1.165, 1.54) is 0 Å². The van der Waals surface area contributed by atoms with Crippen LogP contribution in [-0.4, -0.2) is 28.0 Å². The van der Waals surface area contributed by atoms with Gasteiger partial charge in [0.2, 0.25) is 0 Å². The van der Waals surface area contributed by atoms with E-state index < -0.39 is 12.0 Å². The number of benzene rings is 1. The van der Waals surface area contributed by atoms with Gasteiger partial charge in [-0.25, -0.2) is 4.79 Å². The molecule has 1 atom stereocenters. The molecule has 0 bridgehead atoms. The molecule has 0 unspecified atom stereocenters. The molecule has 118 valence electrons. The quantitative estimate of drug-likeness (QED) is 0.794. The molecular formula is C17H22N2O3. The number of amides is 1. The van der Waals surface area contributed by atoms with E-state index in [1.807, 2.05) is 39.8 Å². The standard InChI is InChI=1S/C17H22N2O3/c1-9(2)7-15(17(21)22)19-16(20)14-8-12-11(4)10(3)5-6-13(12)18-14/h5-6,8-9,15,18H,7H2,1-4H3,(H,19,20)(H,21,22)/t15-/m0/s1. The van der Waals surface area contributed by atoms with Crippen LogP contribution in [0.4, 0.5) is 0 Å². The topological polar surface area (TPSA) is 82.2 Å². The molecule has 0 aliphatic rings. The minimum absolute atomic E-state index is 0.189. The Bertz CT molecular complexity index is 716. The molecule has 2 rings (SSSR count). The highest BCUT2D eigenvalue weighted by molar-refractivity contribution is 6.00. The van der Waals surface area contributed by atoms with E-state index in [2.05, 4.69) is 10.3 Å². The Kier molecular flexibility index (Phi) is 4.54. The largest absolute Gasteiger partial charge is 0.480 e. The average Bonchev–Trinajstić information content (AvgIpc) is 2.86. The van der Waals surface area contributed by atoms with Gasteiger partial charge in [0.05, 0.1) is 0 Å². The van der Waals surface area contributed by atoms with Crippen molar-refractivity contribution in [1.29, 1.82) is 0 Å². The van der Waals surface area contributed by atoms with Gasteiger partial charge >= 0.3 is 5.97 Å². The predicted molar refractivity (Wildman–Crippen MR) is 86.1 cm³/mol. The van der Waals surface area contributed by atoms with Crippen LogP contribution in [0.3, 0.4) is 0 Å². The zero-order valence-electron chi connectivity index (χ0n) is 13.4. The van der Waals surface area contributed by atoms with Crippen molar-refractivity contribution in [3.05, 3.63) is 35.0 Å². The molecule has 0 aliphatic carbocycles. The van der Waals surface area contributed by atoms with Gasteiger partial charge in [0.15, 0.2) is 0 Å². The molecule has 0 radical (unpaired) electrons. The van der Waals surface area contributed by atoms with Gasteiger partial charge in [-0.2, -0.15) is 0 Å². The minimum Gasteiger partial charge on any atom is -0.480 e. The summed E-state index contributed by atoms with van der Waals surface area (Å²) in [4.78, 5) is 26.6. The molecular weight excluding hydrogens is 280 g/mol. The van der Waals surface area contributed by atoms with Crippen molar-refractivity contribution in [3.8, 4) is 0 Å². The van der Waals surface area contributed by atoms with Gasteiger partial charge in [-0.05, 0) is 49.4 Å². The van der Waals surface area contributed by atoms with E-state index >= 15 is 0 Å². The maximum Gasteiger partial charge on any atom is 0.326 e. The molecule has 5 nitrogen and oxygen atoms in total. The van der Waals surface area contributed by atoms with Crippen LogP contribution in [0.5, 0.6) is 0 Å². The van der Waals surface area contributed by atoms with Crippen molar-refractivity contribution in [2.75, 3.05) is 0 Å². The third-order valence-corrected chi connectivity index (χ3v) is 3.90. The fourth-order valence-electron chi connectivity index (χ4n) is 2.51. The summed E-state index contributed by atoms with van der Waals surface area (Å²) in [5.74, 6) is -1.21. The highest BCUT2D eigenvalue weighted by atomic mass is 16.4. The predicted octanol–water partition coefficient (Wildman–Crippen LogP) is 3.01. The third kappa shape index (κ3) is 3.30. The molecule has 1 amide bonds. The molecule has 0 fully saturated rings. The Morgan fingerprint density at radius 2 is 1.95 bits per heavy atom. The Hall–Kier alpha value is -2.30. The van der Waals surface area contributed by atoms with Crippen molar-refractivity contribution in [3.63, 3.8) is 0 Å². The summed E-state index contributed by atoms with van der Waals surface area (Å²) < 4.78 is 0. The number of nitrogens with one attached hydrogen (secondary N) is 2. The summed E-state index contributed by atoms with van der Waals surface area (Å²) in [6.45, 7) is 7.88. The van der Waals surface area contributed by atoms with Crippen LogP contribution in [0.2, 0.25) is 0 Å². The van der Waals surface area contributed by atoms with Gasteiger partial charge in [0, 0.05) is 10.9 Å². The first-order valence-electron chi connectivity index (χ1n) is 7.42. The smallest absolute Gasteiger partial charge is 0.326 e. The molecule has 22 heavy (non-hydrogen) atoms. The molecule has 0 aliphatic heterocycles. The summed E-state index contributed by atoms with van der Waals surface area (Å²) in [5, 5.41) is 12.8. The normalized spacial score (nSPS) is 12.6. The minimum atomic E-state index is -1.01. The number of aryl methyl sites for hydroxylation is 2. The maximum atomic E-state index is 12.3. The van der Waals surface area contributed by atoms with Crippen LogP contribution in [0.1, 0.15) is 41.9 Å². The lowest BCUT2D eigenvalue weighted by Crippen LogP contribution is -2.41. The van der Waals surface area contributed by atoms with Crippen molar-refractivity contribution >= 4 is 22.8 Å². The molecule has 3 N–H and O–H groups in total. The monoisotopic (exact) mass is 302 g/mol. The van der Waals surface area contributed by atoms with E-state index in [0.29, 0.717) is 12.1 Å². The Morgan fingerprint density at radius 1 is 1.27 bits per heavy atom. The van der Waals surface area contributed by atoms with E-state index in [9.17, 15) is 14.7 Å². The maximum absolute atomic E-state index is 12.3. The summed E-state index contributed by atoms with van der Waals surface area (Å²) in [5.41, 5.74) is 3.54. The van der Waals surface area contributed by atoms with Gasteiger partial charge in [-0.3, -0.25) is 4.79 Å². The number of aromatic nitrogens is 1. The molecule has 2 aromatic rings. The highest BCUT2D eigenvalue weighted by Crippen LogP contribution is 2.22. The second-order valence-electron chi connectivity index (χ2n) is 6.15. The number of carbonyl (C=O) groups is 2. The lowest BCUT2D eigenvalue weighted by Gasteiger charge is -2.15. The van der Waals surface area contributed by atoms with Gasteiger partial charge in [-0.1, -0.05) is 19.9 Å². The summed E-state index contributed by atoms with van der Waals surface area (Å²) in [7, 11) is 0. The van der Waals surface area contributed by atoms with Crippen LogP contribution < -0.4 is 5.32 Å². The highest BCUT2D eigenvalue weighted by Gasteiger charge is 2.22. The van der Waals surface area contributed by atoms with Crippen molar-refractivity contribution in [1.82, 2.24) is 10.3 Å². The van der Waals surface area contributed by atoms with Gasteiger partial charge in [-0.15, -0.1) is 0 Å². The Labute approximate surface area is 129 Å².